The van der Waals surface area contributed by atoms with Crippen LogP contribution in [0.1, 0.15) is 13.8 Å². The third-order valence-electron chi connectivity index (χ3n) is 1.93. The summed E-state index contributed by atoms with van der Waals surface area (Å²) in [5.74, 6) is 0. The van der Waals surface area contributed by atoms with E-state index >= 15 is 0 Å². The summed E-state index contributed by atoms with van der Waals surface area (Å²) in [4.78, 5) is 3.78. The van der Waals surface area contributed by atoms with Gasteiger partial charge in [-0.05, 0) is 26.0 Å². The van der Waals surface area contributed by atoms with Crippen LogP contribution in [0.25, 0.3) is 0 Å². The minimum Gasteiger partial charge on any atom is -0.262 e. The number of aliphatic imine (C=N–C) groups is 1. The van der Waals surface area contributed by atoms with Crippen molar-refractivity contribution in [3.05, 3.63) is 23.9 Å². The third-order valence-corrected chi connectivity index (χ3v) is 1.93. The Morgan fingerprint density at radius 1 is 1.38 bits per heavy atom. The van der Waals surface area contributed by atoms with E-state index in [-0.39, 0.29) is 0 Å². The largest absolute Gasteiger partial charge is 0.401 e. The summed E-state index contributed by atoms with van der Waals surface area (Å²) in [5, 5.41) is 0. The molecule has 0 bridgehead atoms. The summed E-state index contributed by atoms with van der Waals surface area (Å²) in [6.45, 7) is 2.68. The molecule has 72 valence electrons. The fourth-order valence-corrected chi connectivity index (χ4v) is 1.10. The Bertz CT molecular complexity index is 286. The van der Waals surface area contributed by atoms with Gasteiger partial charge in [0, 0.05) is 11.9 Å². The number of alkyl halides is 3. The van der Waals surface area contributed by atoms with Gasteiger partial charge in [-0.3, -0.25) is 4.99 Å². The van der Waals surface area contributed by atoms with Gasteiger partial charge in [0.2, 0.25) is 0 Å². The Labute approximate surface area is 74.7 Å². The molecule has 0 spiro atoms. The fraction of sp³-hybridized carbons (Fsp3) is 0.444. The Balaban J connectivity index is 3.11. The lowest BCUT2D eigenvalue weighted by Gasteiger charge is -2.24. The molecule has 0 aliphatic carbocycles. The summed E-state index contributed by atoms with van der Waals surface area (Å²) in [6.07, 6.45) is 0.641. The predicted octanol–water partition coefficient (Wildman–Crippen LogP) is 3.10. The summed E-state index contributed by atoms with van der Waals surface area (Å²) in [5.41, 5.74) is -1.52. The zero-order valence-electron chi connectivity index (χ0n) is 7.39. The monoisotopic (exact) mass is 189 g/mol. The Kier molecular flexibility index (Phi) is 2.32. The average Bonchev–Trinajstić information content (AvgIpc) is 2.10. The maximum absolute atomic E-state index is 12.5. The van der Waals surface area contributed by atoms with Crippen molar-refractivity contribution in [2.75, 3.05) is 0 Å². The van der Waals surface area contributed by atoms with Crippen LogP contribution in [0, 0.1) is 5.41 Å². The highest BCUT2D eigenvalue weighted by Gasteiger charge is 2.47. The molecule has 1 aliphatic rings. The molecule has 1 rings (SSSR count). The first-order valence-electron chi connectivity index (χ1n) is 3.83. The lowest BCUT2D eigenvalue weighted by molar-refractivity contribution is -0.183. The van der Waals surface area contributed by atoms with E-state index in [1.807, 2.05) is 0 Å². The molecular formula is C9H10F3N. The van der Waals surface area contributed by atoms with Crippen LogP contribution in [0.4, 0.5) is 13.2 Å². The highest BCUT2D eigenvalue weighted by atomic mass is 19.4. The quantitative estimate of drug-likeness (QED) is 0.555. The molecule has 0 N–H and O–H groups in total. The van der Waals surface area contributed by atoms with Gasteiger partial charge in [0.25, 0.3) is 0 Å². The molecule has 0 saturated carbocycles. The molecule has 0 aromatic heterocycles. The minimum atomic E-state index is -4.27. The van der Waals surface area contributed by atoms with Crippen LogP contribution in [0.15, 0.2) is 28.9 Å². The zero-order valence-corrected chi connectivity index (χ0v) is 7.39. The van der Waals surface area contributed by atoms with Gasteiger partial charge in [0.05, 0.1) is 0 Å². The van der Waals surface area contributed by atoms with Gasteiger partial charge in [-0.25, -0.2) is 0 Å². The topological polar surface area (TPSA) is 12.4 Å². The van der Waals surface area contributed by atoms with Crippen molar-refractivity contribution in [2.45, 2.75) is 20.0 Å². The molecule has 1 unspecified atom stereocenters. The molecule has 0 saturated heterocycles. The molecule has 4 heteroatoms. The van der Waals surface area contributed by atoms with Crippen LogP contribution in [0.5, 0.6) is 0 Å². The molecule has 1 nitrogen and oxygen atoms in total. The normalized spacial score (nSPS) is 28.5. The van der Waals surface area contributed by atoms with Gasteiger partial charge in [-0.1, -0.05) is 6.08 Å². The lowest BCUT2D eigenvalue weighted by Crippen LogP contribution is -2.31. The van der Waals surface area contributed by atoms with Crippen molar-refractivity contribution in [1.29, 1.82) is 0 Å². The molecule has 0 amide bonds. The Morgan fingerprint density at radius 2 is 2.00 bits per heavy atom. The van der Waals surface area contributed by atoms with Gasteiger partial charge >= 0.3 is 6.18 Å². The van der Waals surface area contributed by atoms with Crippen LogP contribution in [0.2, 0.25) is 0 Å². The molecule has 1 heterocycles. The van der Waals surface area contributed by atoms with E-state index in [4.69, 9.17) is 0 Å². The van der Waals surface area contributed by atoms with Gasteiger partial charge in [-0.15, -0.1) is 0 Å². The molecule has 13 heavy (non-hydrogen) atoms. The first-order chi connectivity index (χ1) is 5.85. The lowest BCUT2D eigenvalue weighted by atomic mass is 9.88. The van der Waals surface area contributed by atoms with Crippen molar-refractivity contribution in [1.82, 2.24) is 0 Å². The van der Waals surface area contributed by atoms with E-state index < -0.39 is 11.6 Å². The van der Waals surface area contributed by atoms with E-state index in [0.717, 1.165) is 19.1 Å². The van der Waals surface area contributed by atoms with Crippen LogP contribution < -0.4 is 0 Å². The second kappa shape index (κ2) is 3.01. The smallest absolute Gasteiger partial charge is 0.262 e. The molecule has 0 aromatic rings. The van der Waals surface area contributed by atoms with E-state index in [1.165, 1.54) is 12.3 Å². The highest BCUT2D eigenvalue weighted by Crippen LogP contribution is 2.41. The first kappa shape index (κ1) is 10.0. The molecule has 1 atom stereocenters. The van der Waals surface area contributed by atoms with Crippen molar-refractivity contribution in [3.63, 3.8) is 0 Å². The number of rotatable bonds is 0. The Morgan fingerprint density at radius 3 is 2.54 bits per heavy atom. The molecule has 0 aromatic carbocycles. The van der Waals surface area contributed by atoms with E-state index in [9.17, 15) is 13.2 Å². The summed E-state index contributed by atoms with van der Waals surface area (Å²) in [7, 11) is 0. The van der Waals surface area contributed by atoms with E-state index in [1.54, 1.807) is 6.92 Å². The zero-order chi connectivity index (χ0) is 10.1. The average molecular weight is 189 g/mol. The van der Waals surface area contributed by atoms with Crippen molar-refractivity contribution in [2.24, 2.45) is 10.4 Å². The van der Waals surface area contributed by atoms with Gasteiger partial charge in [0.15, 0.2) is 0 Å². The van der Waals surface area contributed by atoms with Crippen LogP contribution in [-0.2, 0) is 0 Å². The molecular weight excluding hydrogens is 179 g/mol. The number of hydrogen-bond donors (Lipinski definition) is 0. The van der Waals surface area contributed by atoms with E-state index in [2.05, 4.69) is 4.99 Å². The minimum absolute atomic E-state index is 0.379. The second-order valence-corrected chi connectivity index (χ2v) is 3.20. The molecule has 1 aliphatic heterocycles. The highest BCUT2D eigenvalue weighted by molar-refractivity contribution is 5.73. The number of halogens is 3. The number of allylic oxidation sites excluding steroid dienone is 4. The Hall–Kier alpha value is -1.06. The standard InChI is InChI=1S/C9H10F3N/c1-7-6-8(2,9(10,11)12)4-3-5-13-7/h3-6H,1-2H3. The number of hydrogen-bond acceptors (Lipinski definition) is 1. The van der Waals surface area contributed by atoms with Gasteiger partial charge in [-0.2, -0.15) is 13.2 Å². The summed E-state index contributed by atoms with van der Waals surface area (Å²) in [6, 6.07) is 0. The number of nitrogens with zero attached hydrogens (tertiary/aromatic N) is 1. The fourth-order valence-electron chi connectivity index (χ4n) is 1.10. The summed E-state index contributed by atoms with van der Waals surface area (Å²) < 4.78 is 37.6. The maximum atomic E-state index is 12.5. The van der Waals surface area contributed by atoms with Gasteiger partial charge in [0.1, 0.15) is 5.41 Å². The summed E-state index contributed by atoms with van der Waals surface area (Å²) >= 11 is 0. The SMILES string of the molecule is CC1=CC(C)(C(F)(F)F)C=CC=N1. The first-order valence-corrected chi connectivity index (χ1v) is 3.83. The maximum Gasteiger partial charge on any atom is 0.401 e. The van der Waals surface area contributed by atoms with Crippen LogP contribution in [0.3, 0.4) is 0 Å². The van der Waals surface area contributed by atoms with E-state index in [0.29, 0.717) is 5.70 Å². The molecule has 0 radical (unpaired) electrons. The van der Waals surface area contributed by atoms with Crippen molar-refractivity contribution >= 4 is 6.21 Å². The predicted molar refractivity (Wildman–Crippen MR) is 45.6 cm³/mol. The molecule has 0 fully saturated rings. The van der Waals surface area contributed by atoms with Crippen molar-refractivity contribution < 1.29 is 13.2 Å². The van der Waals surface area contributed by atoms with Gasteiger partial charge < -0.3 is 0 Å². The van der Waals surface area contributed by atoms with Crippen molar-refractivity contribution in [3.8, 4) is 0 Å². The second-order valence-electron chi connectivity index (χ2n) is 3.20. The van der Waals surface area contributed by atoms with Crippen LogP contribution >= 0.6 is 0 Å². The third kappa shape index (κ3) is 1.99. The van der Waals surface area contributed by atoms with Crippen LogP contribution in [-0.4, -0.2) is 12.4 Å².